The molecule has 0 aliphatic heterocycles. The van der Waals surface area contributed by atoms with Crippen LogP contribution in [0.1, 0.15) is 0 Å². The summed E-state index contributed by atoms with van der Waals surface area (Å²) < 4.78 is 2.40. The van der Waals surface area contributed by atoms with Crippen molar-refractivity contribution in [2.24, 2.45) is 0 Å². The Balaban J connectivity index is 1.51. The van der Waals surface area contributed by atoms with Gasteiger partial charge in [0.25, 0.3) is 0 Å². The van der Waals surface area contributed by atoms with Crippen molar-refractivity contribution in [2.75, 3.05) is 0 Å². The highest BCUT2D eigenvalue weighted by molar-refractivity contribution is 6.24. The molecule has 0 saturated heterocycles. The fourth-order valence-corrected chi connectivity index (χ4v) is 5.60. The van der Waals surface area contributed by atoms with Crippen molar-refractivity contribution < 1.29 is 0 Å². The van der Waals surface area contributed by atoms with Gasteiger partial charge in [-0.15, -0.1) is 0 Å². The van der Waals surface area contributed by atoms with Crippen LogP contribution in [0.5, 0.6) is 0 Å². The standard InChI is InChI=1S/C32H19N3/c1-2-10-20(11-3-1)30-24-14-4-7-15-27(24)33-32(34-30)21-18-25-22-12-5-8-16-28(22)35-29-17-9-6-13-23(29)26(19-21)31(25)35/h1-19H. The zero-order valence-corrected chi connectivity index (χ0v) is 18.8. The molecule has 0 aliphatic carbocycles. The number of rotatable bonds is 2. The SMILES string of the molecule is c1ccc(-c2nc(-c3cc4c5ccccc5n5c6ccccc6c(c3)c45)nc3ccccc23)cc1. The Bertz CT molecular complexity index is 1970. The fourth-order valence-electron chi connectivity index (χ4n) is 5.60. The van der Waals surface area contributed by atoms with E-state index in [1.54, 1.807) is 0 Å². The van der Waals surface area contributed by atoms with Gasteiger partial charge in [-0.2, -0.15) is 0 Å². The summed E-state index contributed by atoms with van der Waals surface area (Å²) in [6.45, 7) is 0. The zero-order valence-electron chi connectivity index (χ0n) is 18.8. The first-order valence-electron chi connectivity index (χ1n) is 11.9. The van der Waals surface area contributed by atoms with Crippen LogP contribution in [0.25, 0.3) is 71.6 Å². The molecule has 162 valence electrons. The van der Waals surface area contributed by atoms with Crippen molar-refractivity contribution in [3.63, 3.8) is 0 Å². The number of nitrogens with zero attached hydrogens (tertiary/aromatic N) is 3. The highest BCUT2D eigenvalue weighted by atomic mass is 14.9. The van der Waals surface area contributed by atoms with E-state index in [-0.39, 0.29) is 0 Å². The molecule has 35 heavy (non-hydrogen) atoms. The van der Waals surface area contributed by atoms with Crippen molar-refractivity contribution in [3.8, 4) is 22.6 Å². The van der Waals surface area contributed by atoms with Gasteiger partial charge in [0.15, 0.2) is 5.82 Å². The van der Waals surface area contributed by atoms with Crippen LogP contribution in [0.3, 0.4) is 0 Å². The normalized spacial score (nSPS) is 12.0. The van der Waals surface area contributed by atoms with Gasteiger partial charge in [0.1, 0.15) is 0 Å². The summed E-state index contributed by atoms with van der Waals surface area (Å²) in [4.78, 5) is 10.2. The average molecular weight is 446 g/mol. The van der Waals surface area contributed by atoms with E-state index in [1.807, 2.05) is 12.1 Å². The lowest BCUT2D eigenvalue weighted by Crippen LogP contribution is -1.95. The molecule has 0 amide bonds. The van der Waals surface area contributed by atoms with Crippen LogP contribution >= 0.6 is 0 Å². The van der Waals surface area contributed by atoms with E-state index >= 15 is 0 Å². The molecule has 5 aromatic carbocycles. The van der Waals surface area contributed by atoms with Crippen molar-refractivity contribution >= 4 is 49.0 Å². The lowest BCUT2D eigenvalue weighted by Gasteiger charge is -2.10. The summed E-state index contributed by atoms with van der Waals surface area (Å²) in [5.41, 5.74) is 7.78. The van der Waals surface area contributed by atoms with Crippen LogP contribution < -0.4 is 0 Å². The van der Waals surface area contributed by atoms with Crippen molar-refractivity contribution in [3.05, 3.63) is 115 Å². The number of hydrogen-bond donors (Lipinski definition) is 0. The van der Waals surface area contributed by atoms with Gasteiger partial charge >= 0.3 is 0 Å². The summed E-state index contributed by atoms with van der Waals surface area (Å²) in [5.74, 6) is 0.752. The molecule has 0 aliphatic rings. The van der Waals surface area contributed by atoms with Gasteiger partial charge in [-0.25, -0.2) is 9.97 Å². The molecule has 3 nitrogen and oxygen atoms in total. The first kappa shape index (κ1) is 18.6. The first-order valence-corrected chi connectivity index (χ1v) is 11.9. The molecule has 0 spiro atoms. The Hall–Kier alpha value is -4.76. The second-order valence-electron chi connectivity index (χ2n) is 9.07. The largest absolute Gasteiger partial charge is 0.308 e. The summed E-state index contributed by atoms with van der Waals surface area (Å²) in [5, 5.41) is 6.05. The Morgan fingerprint density at radius 3 is 1.71 bits per heavy atom. The van der Waals surface area contributed by atoms with Gasteiger partial charge in [0.2, 0.25) is 0 Å². The maximum atomic E-state index is 5.14. The molecule has 0 fully saturated rings. The second kappa shape index (κ2) is 6.87. The van der Waals surface area contributed by atoms with Crippen molar-refractivity contribution in [1.29, 1.82) is 0 Å². The monoisotopic (exact) mass is 445 g/mol. The predicted molar refractivity (Wildman–Crippen MR) is 145 cm³/mol. The molecular formula is C32H19N3. The van der Waals surface area contributed by atoms with Crippen molar-refractivity contribution in [2.45, 2.75) is 0 Å². The lowest BCUT2D eigenvalue weighted by molar-refractivity contribution is 1.23. The van der Waals surface area contributed by atoms with E-state index in [0.717, 1.165) is 33.5 Å². The van der Waals surface area contributed by atoms with Gasteiger partial charge in [0.05, 0.1) is 27.8 Å². The quantitative estimate of drug-likeness (QED) is 0.269. The Morgan fingerprint density at radius 2 is 1.03 bits per heavy atom. The molecule has 0 atom stereocenters. The third kappa shape index (κ3) is 2.55. The van der Waals surface area contributed by atoms with Gasteiger partial charge in [0, 0.05) is 38.1 Å². The highest BCUT2D eigenvalue weighted by Gasteiger charge is 2.19. The third-order valence-electron chi connectivity index (χ3n) is 7.11. The minimum absolute atomic E-state index is 0.752. The first-order chi connectivity index (χ1) is 17.4. The number of para-hydroxylation sites is 3. The van der Waals surface area contributed by atoms with Gasteiger partial charge < -0.3 is 4.40 Å². The van der Waals surface area contributed by atoms with E-state index in [9.17, 15) is 0 Å². The number of benzene rings is 5. The van der Waals surface area contributed by atoms with Crippen LogP contribution in [0, 0.1) is 0 Å². The predicted octanol–water partition coefficient (Wildman–Crippen LogP) is 8.11. The van der Waals surface area contributed by atoms with Gasteiger partial charge in [-0.3, -0.25) is 0 Å². The molecule has 3 aromatic heterocycles. The van der Waals surface area contributed by atoms with E-state index in [4.69, 9.17) is 9.97 Å². The molecule has 8 rings (SSSR count). The zero-order chi connectivity index (χ0) is 22.9. The maximum absolute atomic E-state index is 5.14. The van der Waals surface area contributed by atoms with E-state index in [2.05, 4.69) is 108 Å². The van der Waals surface area contributed by atoms with Crippen LogP contribution in [-0.4, -0.2) is 14.4 Å². The molecule has 3 heterocycles. The molecule has 3 heteroatoms. The molecular weight excluding hydrogens is 426 g/mol. The molecule has 8 aromatic rings. The van der Waals surface area contributed by atoms with E-state index < -0.39 is 0 Å². The lowest BCUT2D eigenvalue weighted by atomic mass is 10.0. The van der Waals surface area contributed by atoms with E-state index in [1.165, 1.54) is 38.1 Å². The Kier molecular flexibility index (Phi) is 3.66. The van der Waals surface area contributed by atoms with Crippen LogP contribution in [-0.2, 0) is 0 Å². The van der Waals surface area contributed by atoms with Crippen molar-refractivity contribution in [1.82, 2.24) is 14.4 Å². The summed E-state index contributed by atoms with van der Waals surface area (Å²) >= 11 is 0. The third-order valence-corrected chi connectivity index (χ3v) is 7.11. The number of hydrogen-bond acceptors (Lipinski definition) is 2. The Morgan fingerprint density at radius 1 is 0.457 bits per heavy atom. The average Bonchev–Trinajstić information content (AvgIpc) is 3.44. The highest BCUT2D eigenvalue weighted by Crippen LogP contribution is 2.41. The van der Waals surface area contributed by atoms with Gasteiger partial charge in [-0.05, 0) is 30.3 Å². The minimum Gasteiger partial charge on any atom is -0.308 e. The van der Waals surface area contributed by atoms with Crippen LogP contribution in [0.2, 0.25) is 0 Å². The van der Waals surface area contributed by atoms with Crippen LogP contribution in [0.15, 0.2) is 115 Å². The molecule has 0 saturated carbocycles. The molecule has 0 N–H and O–H groups in total. The molecule has 0 unspecified atom stereocenters. The maximum Gasteiger partial charge on any atom is 0.160 e. The topological polar surface area (TPSA) is 30.2 Å². The summed E-state index contributed by atoms with van der Waals surface area (Å²) in [7, 11) is 0. The minimum atomic E-state index is 0.752. The molecule has 0 radical (unpaired) electrons. The summed E-state index contributed by atoms with van der Waals surface area (Å²) in [6.07, 6.45) is 0. The second-order valence-corrected chi connectivity index (χ2v) is 9.07. The van der Waals surface area contributed by atoms with Gasteiger partial charge in [-0.1, -0.05) is 84.9 Å². The number of fused-ring (bicyclic) bond motifs is 7. The fraction of sp³-hybridized carbons (Fsp3) is 0. The number of aromatic nitrogens is 3. The Labute approximate surface area is 201 Å². The molecule has 0 bridgehead atoms. The van der Waals surface area contributed by atoms with E-state index in [0.29, 0.717) is 0 Å². The van der Waals surface area contributed by atoms with Crippen LogP contribution in [0.4, 0.5) is 0 Å². The summed E-state index contributed by atoms with van der Waals surface area (Å²) in [6, 6.07) is 40.5. The smallest absolute Gasteiger partial charge is 0.160 e.